The standard InChI is InChI=1S/C21H20O14S/c22-6-14-17(26)19(28)20(29)21(34-14)16-13(35-36(30,31)32)5-12-15(18(16)27)10(25)4-11(33-12)7-1-2-8(23)9(24)3-7/h1-5,14,17,19-24,26-29H,6H2,(H,30,31,32)/t14-,17-,19+,20-,21+/m1/s1. The minimum Gasteiger partial charge on any atom is -0.506 e. The number of phenols is 3. The number of aliphatic hydroxyl groups excluding tert-OH is 4. The van der Waals surface area contributed by atoms with Gasteiger partial charge in [0.25, 0.3) is 0 Å². The lowest BCUT2D eigenvalue weighted by molar-refractivity contribution is -0.232. The van der Waals surface area contributed by atoms with Crippen molar-refractivity contribution in [2.45, 2.75) is 30.5 Å². The molecule has 1 fully saturated rings. The molecule has 194 valence electrons. The predicted octanol–water partition coefficient (Wildman–Crippen LogP) is -0.727. The van der Waals surface area contributed by atoms with E-state index < -0.39 is 92.5 Å². The van der Waals surface area contributed by atoms with Crippen molar-refractivity contribution >= 4 is 21.4 Å². The quantitative estimate of drug-likeness (QED) is 0.150. The highest BCUT2D eigenvalue weighted by molar-refractivity contribution is 7.81. The molecule has 15 heteroatoms. The topological polar surface area (TPSA) is 245 Å². The van der Waals surface area contributed by atoms with Crippen molar-refractivity contribution in [1.82, 2.24) is 0 Å². The van der Waals surface area contributed by atoms with Gasteiger partial charge in [0, 0.05) is 17.7 Å². The van der Waals surface area contributed by atoms with E-state index in [1.54, 1.807) is 0 Å². The monoisotopic (exact) mass is 528 g/mol. The van der Waals surface area contributed by atoms with Gasteiger partial charge in [-0.15, -0.1) is 0 Å². The first kappa shape index (κ1) is 25.6. The van der Waals surface area contributed by atoms with E-state index in [1.165, 1.54) is 6.07 Å². The van der Waals surface area contributed by atoms with Gasteiger partial charge in [-0.2, -0.15) is 8.42 Å². The van der Waals surface area contributed by atoms with Crippen LogP contribution in [0.2, 0.25) is 0 Å². The van der Waals surface area contributed by atoms with Gasteiger partial charge in [0.15, 0.2) is 22.7 Å². The molecule has 2 aromatic carbocycles. The molecule has 8 N–H and O–H groups in total. The van der Waals surface area contributed by atoms with Crippen LogP contribution in [-0.4, -0.2) is 79.7 Å². The summed E-state index contributed by atoms with van der Waals surface area (Å²) >= 11 is 0. The van der Waals surface area contributed by atoms with Gasteiger partial charge in [-0.3, -0.25) is 9.35 Å². The van der Waals surface area contributed by atoms with Crippen LogP contribution in [0.4, 0.5) is 0 Å². The fourth-order valence-electron chi connectivity index (χ4n) is 3.91. The minimum atomic E-state index is -5.26. The first-order chi connectivity index (χ1) is 16.8. The zero-order valence-corrected chi connectivity index (χ0v) is 18.7. The highest BCUT2D eigenvalue weighted by atomic mass is 32.3. The number of phenolic OH excluding ortho intramolecular Hbond substituents is 3. The zero-order chi connectivity index (χ0) is 26.5. The number of hydrogen-bond donors (Lipinski definition) is 8. The summed E-state index contributed by atoms with van der Waals surface area (Å²) < 4.78 is 47.7. The van der Waals surface area contributed by atoms with Crippen LogP contribution in [-0.2, 0) is 15.1 Å². The maximum Gasteiger partial charge on any atom is 0.446 e. The molecule has 0 saturated carbocycles. The van der Waals surface area contributed by atoms with E-state index in [0.717, 1.165) is 24.3 Å². The Kier molecular flexibility index (Phi) is 6.56. The van der Waals surface area contributed by atoms with Crippen molar-refractivity contribution in [2.24, 2.45) is 0 Å². The van der Waals surface area contributed by atoms with E-state index in [2.05, 4.69) is 4.18 Å². The molecule has 3 aromatic rings. The highest BCUT2D eigenvalue weighted by Gasteiger charge is 2.46. The lowest BCUT2D eigenvalue weighted by Crippen LogP contribution is -2.55. The second kappa shape index (κ2) is 9.21. The Morgan fingerprint density at radius 1 is 0.944 bits per heavy atom. The fraction of sp³-hybridized carbons (Fsp3) is 0.286. The molecule has 4 rings (SSSR count). The second-order valence-electron chi connectivity index (χ2n) is 7.95. The smallest absolute Gasteiger partial charge is 0.446 e. The van der Waals surface area contributed by atoms with Gasteiger partial charge in [0.05, 0.1) is 12.2 Å². The van der Waals surface area contributed by atoms with Crippen molar-refractivity contribution in [3.63, 3.8) is 0 Å². The van der Waals surface area contributed by atoms with Gasteiger partial charge in [-0.25, -0.2) is 0 Å². The Hall–Kier alpha value is -3.44. The van der Waals surface area contributed by atoms with Crippen LogP contribution >= 0.6 is 0 Å². The molecule has 2 heterocycles. The molecule has 0 radical (unpaired) electrons. The summed E-state index contributed by atoms with van der Waals surface area (Å²) in [5.41, 5.74) is -1.95. The van der Waals surface area contributed by atoms with Gasteiger partial charge in [-0.05, 0) is 18.2 Å². The second-order valence-corrected chi connectivity index (χ2v) is 8.97. The Morgan fingerprint density at radius 2 is 1.64 bits per heavy atom. The molecule has 1 aliphatic rings. The number of ether oxygens (including phenoxy) is 1. The summed E-state index contributed by atoms with van der Waals surface area (Å²) in [4.78, 5) is 12.9. The third-order valence-corrected chi connectivity index (χ3v) is 6.02. The van der Waals surface area contributed by atoms with E-state index in [4.69, 9.17) is 9.15 Å². The van der Waals surface area contributed by atoms with Crippen LogP contribution in [0.5, 0.6) is 23.0 Å². The van der Waals surface area contributed by atoms with Crippen LogP contribution < -0.4 is 9.61 Å². The largest absolute Gasteiger partial charge is 0.506 e. The zero-order valence-electron chi connectivity index (χ0n) is 17.9. The summed E-state index contributed by atoms with van der Waals surface area (Å²) in [7, 11) is -5.26. The van der Waals surface area contributed by atoms with E-state index in [-0.39, 0.29) is 11.3 Å². The summed E-state index contributed by atoms with van der Waals surface area (Å²) in [5, 5.41) is 69.7. The molecule has 0 spiro atoms. The van der Waals surface area contributed by atoms with Crippen LogP contribution in [0.3, 0.4) is 0 Å². The lowest BCUT2D eigenvalue weighted by Gasteiger charge is -2.40. The SMILES string of the molecule is O=c1cc(-c2ccc(O)c(O)c2)oc2cc(OS(=O)(=O)O)c([C@@H]3O[C@H](CO)[C@@H](O)[C@H](O)[C@H]3O)c(O)c12. The molecule has 1 saturated heterocycles. The van der Waals surface area contributed by atoms with Crippen molar-refractivity contribution in [3.05, 3.63) is 46.1 Å². The molecule has 0 unspecified atom stereocenters. The number of rotatable bonds is 5. The summed E-state index contributed by atoms with van der Waals surface area (Å²) in [6, 6.07) is 5.16. The van der Waals surface area contributed by atoms with E-state index >= 15 is 0 Å². The number of aromatic hydroxyl groups is 3. The highest BCUT2D eigenvalue weighted by Crippen LogP contribution is 2.45. The summed E-state index contributed by atoms with van der Waals surface area (Å²) in [5.74, 6) is -3.05. The van der Waals surface area contributed by atoms with Crippen LogP contribution in [0.1, 0.15) is 11.7 Å². The van der Waals surface area contributed by atoms with Gasteiger partial charge >= 0.3 is 10.4 Å². The third kappa shape index (κ3) is 4.56. The maximum atomic E-state index is 12.9. The number of hydrogen-bond acceptors (Lipinski definition) is 13. The third-order valence-electron chi connectivity index (χ3n) is 5.63. The van der Waals surface area contributed by atoms with Crippen LogP contribution in [0.25, 0.3) is 22.3 Å². The molecular formula is C21H20O14S. The molecule has 5 atom stereocenters. The summed E-state index contributed by atoms with van der Waals surface area (Å²) in [6.07, 6.45) is -9.06. The maximum absolute atomic E-state index is 12.9. The Balaban J connectivity index is 1.97. The molecular weight excluding hydrogens is 508 g/mol. The van der Waals surface area contributed by atoms with Gasteiger partial charge in [0.1, 0.15) is 53.0 Å². The average molecular weight is 528 g/mol. The number of fused-ring (bicyclic) bond motifs is 1. The fourth-order valence-corrected chi connectivity index (χ4v) is 4.28. The number of aliphatic hydroxyl groups is 4. The molecule has 0 aliphatic carbocycles. The minimum absolute atomic E-state index is 0.110. The molecule has 14 nitrogen and oxygen atoms in total. The average Bonchev–Trinajstić information content (AvgIpc) is 2.79. The van der Waals surface area contributed by atoms with E-state index in [9.17, 15) is 53.5 Å². The Morgan fingerprint density at radius 3 is 2.25 bits per heavy atom. The van der Waals surface area contributed by atoms with Gasteiger partial charge < -0.3 is 49.1 Å². The Bertz CT molecular complexity index is 1480. The van der Waals surface area contributed by atoms with Crippen molar-refractivity contribution < 1.29 is 62.1 Å². The van der Waals surface area contributed by atoms with Crippen molar-refractivity contribution in [1.29, 1.82) is 0 Å². The molecule has 0 amide bonds. The van der Waals surface area contributed by atoms with E-state index in [1.807, 2.05) is 0 Å². The molecule has 36 heavy (non-hydrogen) atoms. The number of benzene rings is 2. The predicted molar refractivity (Wildman–Crippen MR) is 118 cm³/mol. The first-order valence-corrected chi connectivity index (χ1v) is 11.5. The Labute approximate surface area is 201 Å². The molecule has 0 bridgehead atoms. The van der Waals surface area contributed by atoms with Crippen LogP contribution in [0, 0.1) is 0 Å². The van der Waals surface area contributed by atoms with Crippen molar-refractivity contribution in [3.8, 4) is 34.3 Å². The van der Waals surface area contributed by atoms with E-state index in [0.29, 0.717) is 0 Å². The summed E-state index contributed by atoms with van der Waals surface area (Å²) in [6.45, 7) is -0.852. The normalized spacial score (nSPS) is 24.6. The molecule has 1 aromatic heterocycles. The van der Waals surface area contributed by atoms with Gasteiger partial charge in [-0.1, -0.05) is 0 Å². The van der Waals surface area contributed by atoms with Crippen molar-refractivity contribution in [2.75, 3.05) is 6.61 Å². The van der Waals surface area contributed by atoms with Crippen LogP contribution in [0.15, 0.2) is 39.5 Å². The lowest BCUT2D eigenvalue weighted by atomic mass is 9.89. The van der Waals surface area contributed by atoms with Gasteiger partial charge in [0.2, 0.25) is 0 Å². The first-order valence-electron chi connectivity index (χ1n) is 10.2. The molecule has 1 aliphatic heterocycles.